The van der Waals surface area contributed by atoms with Gasteiger partial charge >= 0.3 is 0 Å². The molecule has 0 amide bonds. The van der Waals surface area contributed by atoms with Crippen LogP contribution in [0.5, 0.6) is 0 Å². The van der Waals surface area contributed by atoms with Crippen molar-refractivity contribution in [2.75, 3.05) is 10.6 Å². The molecular formula is C18H12F2N4O3. The monoisotopic (exact) mass is 370 g/mol. The maximum Gasteiger partial charge on any atom is 0.271 e. The van der Waals surface area contributed by atoms with Crippen molar-refractivity contribution in [1.82, 2.24) is 10.2 Å². The predicted octanol–water partition coefficient (Wildman–Crippen LogP) is 2.09. The van der Waals surface area contributed by atoms with E-state index in [1.165, 1.54) is 18.2 Å². The van der Waals surface area contributed by atoms with Gasteiger partial charge in [-0.1, -0.05) is 12.1 Å². The summed E-state index contributed by atoms with van der Waals surface area (Å²) in [5, 5.41) is 11.0. The lowest BCUT2D eigenvalue weighted by molar-refractivity contribution is 0.500. The summed E-state index contributed by atoms with van der Waals surface area (Å²) in [6.45, 7) is -0.167. The molecule has 0 aliphatic carbocycles. The fourth-order valence-electron chi connectivity index (χ4n) is 2.80. The van der Waals surface area contributed by atoms with Crippen LogP contribution in [0, 0.1) is 11.6 Å². The Labute approximate surface area is 149 Å². The van der Waals surface area contributed by atoms with Gasteiger partial charge in [-0.3, -0.25) is 24.6 Å². The quantitative estimate of drug-likeness (QED) is 0.403. The van der Waals surface area contributed by atoms with Crippen LogP contribution in [-0.2, 0) is 6.54 Å². The normalized spacial score (nSPS) is 11.2. The van der Waals surface area contributed by atoms with Crippen LogP contribution in [0.4, 0.5) is 25.8 Å². The van der Waals surface area contributed by atoms with Crippen LogP contribution in [0.25, 0.3) is 10.9 Å². The molecule has 136 valence electrons. The largest absolute Gasteiger partial charge is 0.376 e. The van der Waals surface area contributed by atoms with Crippen LogP contribution >= 0.6 is 0 Å². The summed E-state index contributed by atoms with van der Waals surface area (Å²) in [6.07, 6.45) is 0. The Kier molecular flexibility index (Phi) is 3.84. The molecule has 7 nitrogen and oxygen atoms in total. The van der Waals surface area contributed by atoms with E-state index in [1.807, 2.05) is 0 Å². The lowest BCUT2D eigenvalue weighted by atomic mass is 10.1. The highest BCUT2D eigenvalue weighted by molar-refractivity contribution is 5.85. The first kappa shape index (κ1) is 16.7. The van der Waals surface area contributed by atoms with Crippen LogP contribution in [0.3, 0.4) is 0 Å². The van der Waals surface area contributed by atoms with E-state index in [0.29, 0.717) is 16.6 Å². The van der Waals surface area contributed by atoms with Crippen LogP contribution in [0.2, 0.25) is 0 Å². The molecule has 0 unspecified atom stereocenters. The van der Waals surface area contributed by atoms with Crippen molar-refractivity contribution in [2.24, 2.45) is 0 Å². The fraction of sp³-hybridized carbons (Fsp3) is 0.0556. The van der Waals surface area contributed by atoms with Crippen molar-refractivity contribution in [3.63, 3.8) is 0 Å². The summed E-state index contributed by atoms with van der Waals surface area (Å²) in [4.78, 5) is 35.4. The minimum Gasteiger partial charge on any atom is -0.376 e. The number of aromatic amines is 2. The van der Waals surface area contributed by atoms with Crippen LogP contribution < -0.4 is 27.1 Å². The van der Waals surface area contributed by atoms with Gasteiger partial charge in [0.2, 0.25) is 0 Å². The zero-order valence-corrected chi connectivity index (χ0v) is 13.7. The minimum absolute atomic E-state index is 0.00289. The molecule has 9 heteroatoms. The molecule has 3 aromatic carbocycles. The van der Waals surface area contributed by atoms with Crippen LogP contribution in [-0.4, -0.2) is 10.2 Å². The maximum absolute atomic E-state index is 13.7. The topological polar surface area (TPSA) is 107 Å². The SMILES string of the molecule is O=c1c(NCc2cccc(F)c2F)c(Nc2ccc3[nH][nH]c(=O)c3c2)c1=O. The first-order valence-electron chi connectivity index (χ1n) is 7.93. The number of nitrogens with one attached hydrogen (secondary N) is 4. The molecule has 0 saturated carbocycles. The van der Waals surface area contributed by atoms with E-state index >= 15 is 0 Å². The molecule has 0 saturated heterocycles. The Morgan fingerprint density at radius 2 is 1.70 bits per heavy atom. The van der Waals surface area contributed by atoms with Gasteiger partial charge in [0, 0.05) is 17.8 Å². The highest BCUT2D eigenvalue weighted by Gasteiger charge is 2.21. The molecule has 1 aromatic heterocycles. The molecule has 0 aliphatic rings. The highest BCUT2D eigenvalue weighted by Crippen LogP contribution is 2.23. The number of rotatable bonds is 5. The molecule has 0 fully saturated rings. The number of H-pyrrole nitrogens is 2. The molecule has 4 N–H and O–H groups in total. The summed E-state index contributed by atoms with van der Waals surface area (Å²) in [7, 11) is 0. The van der Waals surface area contributed by atoms with Gasteiger partial charge in [0.1, 0.15) is 11.4 Å². The number of fused-ring (bicyclic) bond motifs is 1. The van der Waals surface area contributed by atoms with E-state index in [0.717, 1.165) is 6.07 Å². The van der Waals surface area contributed by atoms with Gasteiger partial charge in [0.15, 0.2) is 11.6 Å². The number of benzene rings is 2. The number of aromatic nitrogens is 2. The predicted molar refractivity (Wildman–Crippen MR) is 97.2 cm³/mol. The number of halogens is 2. The Morgan fingerprint density at radius 1 is 0.926 bits per heavy atom. The number of hydrogen-bond acceptors (Lipinski definition) is 5. The van der Waals surface area contributed by atoms with Gasteiger partial charge in [-0.25, -0.2) is 8.78 Å². The maximum atomic E-state index is 13.7. The Hall–Kier alpha value is -3.75. The summed E-state index contributed by atoms with van der Waals surface area (Å²) < 4.78 is 27.0. The van der Waals surface area contributed by atoms with E-state index in [2.05, 4.69) is 20.8 Å². The molecule has 0 radical (unpaired) electrons. The van der Waals surface area contributed by atoms with E-state index in [1.54, 1.807) is 12.1 Å². The second kappa shape index (κ2) is 6.20. The second-order valence-electron chi connectivity index (χ2n) is 5.94. The van der Waals surface area contributed by atoms with Gasteiger partial charge in [0.25, 0.3) is 16.4 Å². The molecule has 0 bridgehead atoms. The minimum atomic E-state index is -1.02. The smallest absolute Gasteiger partial charge is 0.271 e. The van der Waals surface area contributed by atoms with Crippen LogP contribution in [0.15, 0.2) is 50.8 Å². The molecule has 0 atom stereocenters. The molecular weight excluding hydrogens is 358 g/mol. The Morgan fingerprint density at radius 3 is 2.52 bits per heavy atom. The van der Waals surface area contributed by atoms with E-state index < -0.39 is 22.5 Å². The van der Waals surface area contributed by atoms with Gasteiger partial charge in [-0.05, 0) is 24.3 Å². The Balaban J connectivity index is 1.59. The van der Waals surface area contributed by atoms with Crippen molar-refractivity contribution in [3.8, 4) is 0 Å². The molecule has 4 rings (SSSR count). The average molecular weight is 370 g/mol. The van der Waals surface area contributed by atoms with Crippen molar-refractivity contribution < 1.29 is 8.78 Å². The van der Waals surface area contributed by atoms with Crippen molar-refractivity contribution >= 4 is 28.0 Å². The first-order chi connectivity index (χ1) is 13.0. The lowest BCUT2D eigenvalue weighted by Gasteiger charge is -2.15. The zero-order valence-electron chi connectivity index (χ0n) is 13.7. The van der Waals surface area contributed by atoms with Gasteiger partial charge in [0.05, 0.1) is 10.9 Å². The molecule has 27 heavy (non-hydrogen) atoms. The van der Waals surface area contributed by atoms with Gasteiger partial charge in [-0.15, -0.1) is 0 Å². The first-order valence-corrected chi connectivity index (χ1v) is 7.93. The summed E-state index contributed by atoms with van der Waals surface area (Å²) in [5.74, 6) is -2.02. The summed E-state index contributed by atoms with van der Waals surface area (Å²) in [6, 6.07) is 8.49. The summed E-state index contributed by atoms with van der Waals surface area (Å²) >= 11 is 0. The third kappa shape index (κ3) is 2.78. The standard InChI is InChI=1S/C18H12F2N4O3/c19-11-3-1-2-8(13(11)20)7-21-14-15(17(26)16(14)25)22-9-4-5-12-10(6-9)18(27)24-23-12/h1-6,21-22H,7H2,(H2,23,24,27). The van der Waals surface area contributed by atoms with Crippen molar-refractivity contribution in [2.45, 2.75) is 6.54 Å². The second-order valence-corrected chi connectivity index (χ2v) is 5.94. The molecule has 4 aromatic rings. The lowest BCUT2D eigenvalue weighted by Crippen LogP contribution is -2.36. The zero-order chi connectivity index (χ0) is 19.1. The number of hydrogen-bond donors (Lipinski definition) is 4. The van der Waals surface area contributed by atoms with Gasteiger partial charge in [-0.2, -0.15) is 0 Å². The Bertz CT molecular complexity index is 1300. The number of anilines is 3. The van der Waals surface area contributed by atoms with E-state index in [4.69, 9.17) is 0 Å². The molecule has 1 heterocycles. The average Bonchev–Trinajstić information content (AvgIpc) is 3.04. The molecule has 0 aliphatic heterocycles. The third-order valence-electron chi connectivity index (χ3n) is 4.24. The van der Waals surface area contributed by atoms with Crippen molar-refractivity contribution in [3.05, 3.63) is 84.4 Å². The fourth-order valence-corrected chi connectivity index (χ4v) is 2.80. The van der Waals surface area contributed by atoms with E-state index in [-0.39, 0.29) is 29.0 Å². The van der Waals surface area contributed by atoms with E-state index in [9.17, 15) is 23.2 Å². The summed E-state index contributed by atoms with van der Waals surface area (Å²) in [5.41, 5.74) is -0.784. The highest BCUT2D eigenvalue weighted by atomic mass is 19.2. The van der Waals surface area contributed by atoms with Crippen LogP contribution in [0.1, 0.15) is 5.56 Å². The van der Waals surface area contributed by atoms with Gasteiger partial charge < -0.3 is 10.6 Å². The molecule has 0 spiro atoms. The van der Waals surface area contributed by atoms with Crippen molar-refractivity contribution in [1.29, 1.82) is 0 Å². The third-order valence-corrected chi connectivity index (χ3v) is 4.24.